The van der Waals surface area contributed by atoms with Gasteiger partial charge in [0.1, 0.15) is 13.2 Å². The zero-order valence-electron chi connectivity index (χ0n) is 37.8. The molecule has 6 nitrogen and oxygen atoms in total. The number of hydrogen-bond acceptors (Lipinski definition) is 6. The summed E-state index contributed by atoms with van der Waals surface area (Å²) in [5.41, 5.74) is 0. The largest absolute Gasteiger partial charge is 0.462 e. The fraction of sp³-hybridized carbons (Fsp3) is 0.712. The molecule has 0 N–H and O–H groups in total. The summed E-state index contributed by atoms with van der Waals surface area (Å²) in [5.74, 6) is -0.948. The summed E-state index contributed by atoms with van der Waals surface area (Å²) in [7, 11) is 0. The highest BCUT2D eigenvalue weighted by Crippen LogP contribution is 2.13. The molecular weight excluding hydrogens is 721 g/mol. The second kappa shape index (κ2) is 46.5. The van der Waals surface area contributed by atoms with E-state index in [2.05, 4.69) is 93.7 Å². The van der Waals surface area contributed by atoms with Gasteiger partial charge in [0.05, 0.1) is 0 Å². The van der Waals surface area contributed by atoms with E-state index >= 15 is 0 Å². The normalized spacial score (nSPS) is 12.7. The van der Waals surface area contributed by atoms with Crippen molar-refractivity contribution in [3.8, 4) is 0 Å². The summed E-state index contributed by atoms with van der Waals surface area (Å²) in [6.45, 7) is 6.42. The van der Waals surface area contributed by atoms with E-state index in [-0.39, 0.29) is 31.1 Å². The molecule has 0 aliphatic rings. The minimum absolute atomic E-state index is 0.0940. The van der Waals surface area contributed by atoms with Crippen LogP contribution in [0.25, 0.3) is 0 Å². The molecule has 332 valence electrons. The van der Waals surface area contributed by atoms with Crippen molar-refractivity contribution in [2.75, 3.05) is 13.2 Å². The Morgan fingerprint density at radius 3 is 1.09 bits per heavy atom. The van der Waals surface area contributed by atoms with E-state index in [9.17, 15) is 14.4 Å². The van der Waals surface area contributed by atoms with Crippen LogP contribution < -0.4 is 0 Å². The first-order valence-electron chi connectivity index (χ1n) is 23.9. The molecule has 1 atom stereocenters. The summed E-state index contributed by atoms with van der Waals surface area (Å²) in [6, 6.07) is 0. The number of allylic oxidation sites excluding steroid dienone is 12. The SMILES string of the molecule is CC/C=C\C/C=C\C/C=C\C/C=C\CCCCCC(=O)OCC(COC(=O)CCCCCCC/C=C\CCCCC)OC(=O)CCCCCCC/C=C\CCCCC. The Morgan fingerprint density at radius 2 is 0.672 bits per heavy atom. The van der Waals surface area contributed by atoms with E-state index in [4.69, 9.17) is 14.2 Å². The van der Waals surface area contributed by atoms with Gasteiger partial charge in [-0.3, -0.25) is 14.4 Å². The van der Waals surface area contributed by atoms with Crippen molar-refractivity contribution in [1.29, 1.82) is 0 Å². The van der Waals surface area contributed by atoms with Gasteiger partial charge < -0.3 is 14.2 Å². The predicted molar refractivity (Wildman–Crippen MR) is 247 cm³/mol. The number of carbonyl (C=O) groups is 3. The minimum Gasteiger partial charge on any atom is -0.462 e. The Labute approximate surface area is 357 Å². The van der Waals surface area contributed by atoms with Crippen LogP contribution in [-0.2, 0) is 28.6 Å². The monoisotopic (exact) mass is 809 g/mol. The van der Waals surface area contributed by atoms with Crippen LogP contribution in [0.1, 0.15) is 220 Å². The van der Waals surface area contributed by atoms with Gasteiger partial charge in [-0.2, -0.15) is 0 Å². The lowest BCUT2D eigenvalue weighted by Gasteiger charge is -2.18. The third kappa shape index (κ3) is 44.0. The van der Waals surface area contributed by atoms with Crippen LogP contribution in [0, 0.1) is 0 Å². The Bertz CT molecular complexity index is 1110. The van der Waals surface area contributed by atoms with Gasteiger partial charge in [0, 0.05) is 19.3 Å². The van der Waals surface area contributed by atoms with Gasteiger partial charge >= 0.3 is 17.9 Å². The highest BCUT2D eigenvalue weighted by atomic mass is 16.6. The molecule has 0 amide bonds. The van der Waals surface area contributed by atoms with Crippen molar-refractivity contribution in [2.45, 2.75) is 226 Å². The molecule has 0 aliphatic carbocycles. The minimum atomic E-state index is -0.794. The van der Waals surface area contributed by atoms with Crippen LogP contribution in [0.5, 0.6) is 0 Å². The number of hydrogen-bond donors (Lipinski definition) is 0. The molecule has 58 heavy (non-hydrogen) atoms. The average molecular weight is 809 g/mol. The lowest BCUT2D eigenvalue weighted by Crippen LogP contribution is -2.30. The molecule has 0 saturated carbocycles. The van der Waals surface area contributed by atoms with Gasteiger partial charge in [0.2, 0.25) is 0 Å². The van der Waals surface area contributed by atoms with E-state index in [1.807, 2.05) is 0 Å². The van der Waals surface area contributed by atoms with Crippen molar-refractivity contribution >= 4 is 17.9 Å². The van der Waals surface area contributed by atoms with Crippen LogP contribution in [0.3, 0.4) is 0 Å². The van der Waals surface area contributed by atoms with Gasteiger partial charge in [-0.1, -0.05) is 164 Å². The van der Waals surface area contributed by atoms with E-state index in [1.165, 1.54) is 70.6 Å². The zero-order valence-corrected chi connectivity index (χ0v) is 37.8. The molecule has 1 unspecified atom stereocenters. The molecule has 0 fully saturated rings. The van der Waals surface area contributed by atoms with Crippen LogP contribution in [-0.4, -0.2) is 37.2 Å². The maximum Gasteiger partial charge on any atom is 0.306 e. The van der Waals surface area contributed by atoms with Crippen molar-refractivity contribution in [3.63, 3.8) is 0 Å². The van der Waals surface area contributed by atoms with Gasteiger partial charge in [-0.25, -0.2) is 0 Å². The van der Waals surface area contributed by atoms with E-state index in [0.717, 1.165) is 109 Å². The standard InChI is InChI=1S/C52H88O6/c1-4-7-10-13-16-19-22-25-26-27-28-31-33-36-39-42-45-51(54)57-48-49(58-52(55)46-43-40-37-34-30-24-21-18-15-12-9-6-3)47-56-50(53)44-41-38-35-32-29-23-20-17-14-11-8-5-2/h7,10,16-21,25-26,28,31,49H,4-6,8-9,11-15,22-24,27,29-30,32-48H2,1-3H3/b10-7-,19-16-,20-17-,21-18-,26-25-,31-28-. The van der Waals surface area contributed by atoms with Crippen molar-refractivity contribution in [1.82, 2.24) is 0 Å². The molecule has 0 aliphatic heterocycles. The molecule has 6 heteroatoms. The Kier molecular flexibility index (Phi) is 44.0. The van der Waals surface area contributed by atoms with Gasteiger partial charge in [0.15, 0.2) is 6.10 Å². The number of unbranched alkanes of at least 4 members (excludes halogenated alkanes) is 19. The topological polar surface area (TPSA) is 78.9 Å². The van der Waals surface area contributed by atoms with E-state index in [0.29, 0.717) is 19.3 Å². The lowest BCUT2D eigenvalue weighted by atomic mass is 10.1. The quantitative estimate of drug-likeness (QED) is 0.0264. The number of carbonyl (C=O) groups excluding carboxylic acids is 3. The zero-order chi connectivity index (χ0) is 42.3. The number of ether oxygens (including phenoxy) is 3. The van der Waals surface area contributed by atoms with Crippen LogP contribution >= 0.6 is 0 Å². The highest BCUT2D eigenvalue weighted by molar-refractivity contribution is 5.71. The van der Waals surface area contributed by atoms with Gasteiger partial charge in [-0.05, 0) is 109 Å². The average Bonchev–Trinajstić information content (AvgIpc) is 3.22. The Hall–Kier alpha value is -3.15. The van der Waals surface area contributed by atoms with Crippen LogP contribution in [0.2, 0.25) is 0 Å². The summed E-state index contributed by atoms with van der Waals surface area (Å²) >= 11 is 0. The summed E-state index contributed by atoms with van der Waals surface area (Å²) in [5, 5.41) is 0. The first-order valence-corrected chi connectivity index (χ1v) is 23.9. The van der Waals surface area contributed by atoms with Crippen molar-refractivity contribution in [2.24, 2.45) is 0 Å². The van der Waals surface area contributed by atoms with Crippen molar-refractivity contribution < 1.29 is 28.6 Å². The second-order valence-electron chi connectivity index (χ2n) is 15.6. The van der Waals surface area contributed by atoms with Crippen LogP contribution in [0.4, 0.5) is 0 Å². The Morgan fingerprint density at radius 1 is 0.362 bits per heavy atom. The first kappa shape index (κ1) is 54.9. The Balaban J connectivity index is 4.46. The summed E-state index contributed by atoms with van der Waals surface area (Å²) < 4.78 is 16.7. The van der Waals surface area contributed by atoms with E-state index < -0.39 is 6.10 Å². The fourth-order valence-electron chi connectivity index (χ4n) is 6.30. The molecule has 0 heterocycles. The highest BCUT2D eigenvalue weighted by Gasteiger charge is 2.19. The number of esters is 3. The van der Waals surface area contributed by atoms with Gasteiger partial charge in [0.25, 0.3) is 0 Å². The third-order valence-corrected chi connectivity index (χ3v) is 9.91. The molecule has 0 saturated heterocycles. The fourth-order valence-corrected chi connectivity index (χ4v) is 6.30. The molecule has 0 aromatic carbocycles. The third-order valence-electron chi connectivity index (χ3n) is 9.91. The first-order chi connectivity index (χ1) is 28.5. The molecule has 0 aromatic rings. The smallest absolute Gasteiger partial charge is 0.306 e. The lowest BCUT2D eigenvalue weighted by molar-refractivity contribution is -0.167. The second-order valence-corrected chi connectivity index (χ2v) is 15.6. The maximum absolute atomic E-state index is 12.7. The van der Waals surface area contributed by atoms with E-state index in [1.54, 1.807) is 0 Å². The molecule has 0 spiro atoms. The molecule has 0 rings (SSSR count). The van der Waals surface area contributed by atoms with Crippen molar-refractivity contribution in [3.05, 3.63) is 72.9 Å². The molecule has 0 aromatic heterocycles. The number of rotatable bonds is 42. The van der Waals surface area contributed by atoms with Gasteiger partial charge in [-0.15, -0.1) is 0 Å². The van der Waals surface area contributed by atoms with Crippen LogP contribution in [0.15, 0.2) is 72.9 Å². The summed E-state index contributed by atoms with van der Waals surface area (Å²) in [6.07, 6.45) is 57.4. The molecule has 0 bridgehead atoms. The molecular formula is C52H88O6. The maximum atomic E-state index is 12.7. The molecule has 0 radical (unpaired) electrons. The predicted octanol–water partition coefficient (Wildman–Crippen LogP) is 15.5. The summed E-state index contributed by atoms with van der Waals surface area (Å²) in [4.78, 5) is 37.8.